The van der Waals surface area contributed by atoms with Crippen molar-refractivity contribution >= 4 is 44.0 Å². The minimum atomic E-state index is -4.24. The number of sulfonamides is 1. The number of likely N-dealkylation sites (N-methyl/N-ethyl adjacent to an activating group) is 1. The number of carbonyl (C=O) groups is 1. The predicted molar refractivity (Wildman–Crippen MR) is 134 cm³/mol. The lowest BCUT2D eigenvalue weighted by Crippen LogP contribution is -2.22. The maximum absolute atomic E-state index is 14.0. The van der Waals surface area contributed by atoms with Crippen LogP contribution >= 0.6 is 0 Å². The molecule has 0 aliphatic carbocycles. The third kappa shape index (κ3) is 4.89. The Morgan fingerprint density at radius 2 is 1.91 bits per heavy atom. The molecule has 0 spiro atoms. The monoisotopic (exact) mass is 496 g/mol. The highest BCUT2D eigenvalue weighted by atomic mass is 32.2. The van der Waals surface area contributed by atoms with Gasteiger partial charge in [0.1, 0.15) is 5.82 Å². The molecule has 4 aromatic rings. The number of rotatable bonds is 9. The largest absolute Gasteiger partial charge is 0.478 e. The second-order valence-electron chi connectivity index (χ2n) is 7.91. The molecule has 0 bridgehead atoms. The Balaban J connectivity index is 1.76. The maximum atomic E-state index is 14.0. The van der Waals surface area contributed by atoms with E-state index in [4.69, 9.17) is 0 Å². The first kappa shape index (κ1) is 24.4. The van der Waals surface area contributed by atoms with E-state index in [1.165, 1.54) is 12.1 Å². The molecule has 4 rings (SSSR count). The van der Waals surface area contributed by atoms with Crippen LogP contribution in [-0.2, 0) is 10.0 Å². The van der Waals surface area contributed by atoms with Crippen LogP contribution in [-0.4, -0.2) is 53.6 Å². The molecule has 0 atom stereocenters. The van der Waals surface area contributed by atoms with Crippen LogP contribution in [0.5, 0.6) is 0 Å². The van der Waals surface area contributed by atoms with Gasteiger partial charge < -0.3 is 10.0 Å². The third-order valence-electron chi connectivity index (χ3n) is 5.85. The van der Waals surface area contributed by atoms with Gasteiger partial charge in [-0.2, -0.15) is 5.10 Å². The number of carboxylic acid groups (broad SMARTS) is 1. The Morgan fingerprint density at radius 3 is 2.63 bits per heavy atom. The number of halogens is 1. The van der Waals surface area contributed by atoms with Crippen molar-refractivity contribution in [2.24, 2.45) is 0 Å². The highest BCUT2D eigenvalue weighted by molar-refractivity contribution is 7.92. The highest BCUT2D eigenvalue weighted by Gasteiger charge is 2.23. The standard InChI is InChI=1S/C25H25FN4O4S/c1-3-29(4-2)14-5-6-17-16-18(26)7-10-23(17)35(33,34)28-21-9-8-19-20(24(21)25(31)32)12-15-30-22(19)11-13-27-30/h5-13,15-16,28H,3-4,14H2,1-2H3,(H,31,32). The summed E-state index contributed by atoms with van der Waals surface area (Å²) in [5, 5.41) is 15.1. The summed E-state index contributed by atoms with van der Waals surface area (Å²) in [6.07, 6.45) is 6.54. The summed E-state index contributed by atoms with van der Waals surface area (Å²) < 4.78 is 44.7. The van der Waals surface area contributed by atoms with E-state index in [-0.39, 0.29) is 21.7 Å². The topological polar surface area (TPSA) is 104 Å². The molecule has 8 nitrogen and oxygen atoms in total. The zero-order valence-corrected chi connectivity index (χ0v) is 20.1. The lowest BCUT2D eigenvalue weighted by Gasteiger charge is -2.16. The Kier molecular flexibility index (Phi) is 6.86. The second kappa shape index (κ2) is 9.85. The molecule has 0 unspecified atom stereocenters. The number of nitrogens with zero attached hydrogens (tertiary/aromatic N) is 3. The normalized spacial score (nSPS) is 12.2. The molecule has 35 heavy (non-hydrogen) atoms. The molecule has 182 valence electrons. The number of pyridine rings is 1. The van der Waals surface area contributed by atoms with Crippen molar-refractivity contribution < 1.29 is 22.7 Å². The van der Waals surface area contributed by atoms with Crippen LogP contribution in [0, 0.1) is 5.82 Å². The van der Waals surface area contributed by atoms with E-state index in [0.29, 0.717) is 22.8 Å². The number of aromatic carboxylic acids is 1. The van der Waals surface area contributed by atoms with E-state index in [2.05, 4.69) is 14.7 Å². The maximum Gasteiger partial charge on any atom is 0.338 e. The van der Waals surface area contributed by atoms with Crippen LogP contribution in [0.4, 0.5) is 10.1 Å². The Morgan fingerprint density at radius 1 is 1.14 bits per heavy atom. The predicted octanol–water partition coefficient (Wildman–Crippen LogP) is 4.48. The van der Waals surface area contributed by atoms with Gasteiger partial charge in [-0.05, 0) is 55.1 Å². The van der Waals surface area contributed by atoms with Gasteiger partial charge >= 0.3 is 5.97 Å². The molecule has 0 amide bonds. The molecule has 0 aliphatic rings. The Hall–Kier alpha value is -3.76. The fourth-order valence-corrected chi connectivity index (χ4v) is 5.28. The minimum absolute atomic E-state index is 0.0868. The lowest BCUT2D eigenvalue weighted by molar-refractivity contribution is 0.0700. The van der Waals surface area contributed by atoms with E-state index in [1.54, 1.807) is 47.3 Å². The molecule has 10 heteroatoms. The van der Waals surface area contributed by atoms with Crippen LogP contribution in [0.2, 0.25) is 0 Å². The van der Waals surface area contributed by atoms with Gasteiger partial charge in [0.05, 0.1) is 21.7 Å². The average molecular weight is 497 g/mol. The molecular formula is C25H25FN4O4S. The highest BCUT2D eigenvalue weighted by Crippen LogP contribution is 2.31. The molecule has 2 aromatic heterocycles. The first-order chi connectivity index (χ1) is 16.7. The first-order valence-corrected chi connectivity index (χ1v) is 12.6. The number of benzene rings is 2. The number of fused-ring (bicyclic) bond motifs is 3. The van der Waals surface area contributed by atoms with Crippen molar-refractivity contribution in [1.29, 1.82) is 0 Å². The number of hydrogen-bond donors (Lipinski definition) is 2. The molecule has 0 saturated heterocycles. The lowest BCUT2D eigenvalue weighted by atomic mass is 10.0. The van der Waals surface area contributed by atoms with Gasteiger partial charge in [0.25, 0.3) is 10.0 Å². The van der Waals surface area contributed by atoms with Crippen molar-refractivity contribution in [3.05, 3.63) is 77.9 Å². The third-order valence-corrected chi connectivity index (χ3v) is 7.29. The summed E-state index contributed by atoms with van der Waals surface area (Å²) in [4.78, 5) is 14.1. The van der Waals surface area contributed by atoms with E-state index in [0.717, 1.165) is 25.2 Å². The fourth-order valence-electron chi connectivity index (χ4n) is 4.03. The summed E-state index contributed by atoms with van der Waals surface area (Å²) in [6.45, 7) is 6.25. The van der Waals surface area contributed by atoms with Crippen LogP contribution in [0.1, 0.15) is 29.8 Å². The van der Waals surface area contributed by atoms with Crippen LogP contribution < -0.4 is 4.72 Å². The number of carboxylic acids is 1. The SMILES string of the molecule is CCN(CC)CC=Cc1cc(F)ccc1S(=O)(=O)Nc1ccc2c(ccn3nccc23)c1C(=O)O. The van der Waals surface area contributed by atoms with Gasteiger partial charge in [0.15, 0.2) is 0 Å². The minimum Gasteiger partial charge on any atom is -0.478 e. The molecule has 0 fully saturated rings. The molecule has 2 heterocycles. The second-order valence-corrected chi connectivity index (χ2v) is 9.56. The molecule has 0 radical (unpaired) electrons. The fraction of sp³-hybridized carbons (Fsp3) is 0.200. The number of nitrogens with one attached hydrogen (secondary N) is 1. The molecule has 0 saturated carbocycles. The summed E-state index contributed by atoms with van der Waals surface area (Å²) in [5.41, 5.74) is 0.591. The van der Waals surface area contributed by atoms with Crippen molar-refractivity contribution in [2.75, 3.05) is 24.4 Å². The van der Waals surface area contributed by atoms with Crippen molar-refractivity contribution in [3.63, 3.8) is 0 Å². The quantitative estimate of drug-likeness (QED) is 0.354. The molecular weight excluding hydrogens is 471 g/mol. The van der Waals surface area contributed by atoms with Crippen molar-refractivity contribution in [3.8, 4) is 0 Å². The van der Waals surface area contributed by atoms with Crippen LogP contribution in [0.3, 0.4) is 0 Å². The smallest absolute Gasteiger partial charge is 0.338 e. The summed E-state index contributed by atoms with van der Waals surface area (Å²) in [6, 6.07) is 9.75. The molecule has 0 aliphatic heterocycles. The van der Waals surface area contributed by atoms with Gasteiger partial charge in [-0.15, -0.1) is 0 Å². The molecule has 2 N–H and O–H groups in total. The van der Waals surface area contributed by atoms with Gasteiger partial charge in [-0.25, -0.2) is 22.1 Å². The van der Waals surface area contributed by atoms with Crippen molar-refractivity contribution in [1.82, 2.24) is 14.5 Å². The first-order valence-electron chi connectivity index (χ1n) is 11.1. The zero-order valence-electron chi connectivity index (χ0n) is 19.3. The van der Waals surface area contributed by atoms with Crippen LogP contribution in [0.25, 0.3) is 22.4 Å². The van der Waals surface area contributed by atoms with Gasteiger partial charge in [0.2, 0.25) is 0 Å². The zero-order chi connectivity index (χ0) is 25.2. The summed E-state index contributed by atoms with van der Waals surface area (Å²) in [7, 11) is -4.24. The number of aromatic nitrogens is 2. The van der Waals surface area contributed by atoms with Gasteiger partial charge in [-0.3, -0.25) is 4.72 Å². The number of hydrogen-bond acceptors (Lipinski definition) is 5. The van der Waals surface area contributed by atoms with E-state index < -0.39 is 21.8 Å². The van der Waals surface area contributed by atoms with Gasteiger partial charge in [0, 0.05) is 29.7 Å². The Bertz CT molecular complexity index is 1540. The van der Waals surface area contributed by atoms with Crippen molar-refractivity contribution in [2.45, 2.75) is 18.7 Å². The van der Waals surface area contributed by atoms with Crippen LogP contribution in [0.15, 0.2) is 65.8 Å². The van der Waals surface area contributed by atoms with E-state index in [1.807, 2.05) is 13.8 Å². The Labute approximate surface area is 202 Å². The summed E-state index contributed by atoms with van der Waals surface area (Å²) >= 11 is 0. The average Bonchev–Trinajstić information content (AvgIpc) is 3.30. The summed E-state index contributed by atoms with van der Waals surface area (Å²) in [5.74, 6) is -1.86. The molecule has 2 aromatic carbocycles. The van der Waals surface area contributed by atoms with E-state index in [9.17, 15) is 22.7 Å². The number of anilines is 1. The van der Waals surface area contributed by atoms with E-state index >= 15 is 0 Å². The van der Waals surface area contributed by atoms with Gasteiger partial charge in [-0.1, -0.05) is 32.1 Å².